The highest BCUT2D eigenvalue weighted by molar-refractivity contribution is 9.10. The maximum Gasteiger partial charge on any atom is 0.122 e. The molecule has 0 aliphatic carbocycles. The van der Waals surface area contributed by atoms with E-state index in [-0.39, 0.29) is 0 Å². The lowest BCUT2D eigenvalue weighted by Gasteiger charge is -2.40. The smallest absolute Gasteiger partial charge is 0.122 e. The van der Waals surface area contributed by atoms with Crippen molar-refractivity contribution in [3.05, 3.63) is 50.1 Å². The van der Waals surface area contributed by atoms with Crippen LogP contribution in [0.1, 0.15) is 21.4 Å². The SMILES string of the molecule is Cc1sc(C(O)C2(CN)COc3ccccc3C2)cc1Br. The molecule has 2 atom stereocenters. The number of hydrogen-bond acceptors (Lipinski definition) is 4. The van der Waals surface area contributed by atoms with Crippen LogP contribution in [0, 0.1) is 12.3 Å². The lowest BCUT2D eigenvalue weighted by molar-refractivity contribution is -0.0140. The van der Waals surface area contributed by atoms with Crippen molar-refractivity contribution in [3.8, 4) is 5.75 Å². The summed E-state index contributed by atoms with van der Waals surface area (Å²) in [7, 11) is 0. The maximum absolute atomic E-state index is 10.9. The molecule has 0 radical (unpaired) electrons. The Morgan fingerprint density at radius 1 is 1.48 bits per heavy atom. The number of rotatable bonds is 3. The van der Waals surface area contributed by atoms with Gasteiger partial charge in [-0.2, -0.15) is 0 Å². The molecule has 3 rings (SSSR count). The molecule has 1 aromatic carbocycles. The van der Waals surface area contributed by atoms with Crippen molar-refractivity contribution in [2.75, 3.05) is 13.2 Å². The van der Waals surface area contributed by atoms with Crippen molar-refractivity contribution in [1.29, 1.82) is 0 Å². The minimum absolute atomic E-state index is 0.386. The van der Waals surface area contributed by atoms with E-state index in [2.05, 4.69) is 15.9 Å². The lowest BCUT2D eigenvalue weighted by Crippen LogP contribution is -2.45. The van der Waals surface area contributed by atoms with Gasteiger partial charge >= 0.3 is 0 Å². The molecule has 1 aliphatic heterocycles. The summed E-state index contributed by atoms with van der Waals surface area (Å²) < 4.78 is 6.90. The summed E-state index contributed by atoms with van der Waals surface area (Å²) in [6.07, 6.45) is 0.112. The second kappa shape index (κ2) is 5.72. The van der Waals surface area contributed by atoms with Gasteiger partial charge in [0.15, 0.2) is 0 Å². The van der Waals surface area contributed by atoms with E-state index >= 15 is 0 Å². The van der Waals surface area contributed by atoms with E-state index in [1.54, 1.807) is 11.3 Å². The van der Waals surface area contributed by atoms with Crippen LogP contribution in [0.5, 0.6) is 5.75 Å². The maximum atomic E-state index is 10.9. The number of halogens is 1. The molecule has 0 amide bonds. The van der Waals surface area contributed by atoms with E-state index in [0.29, 0.717) is 13.2 Å². The Labute approximate surface area is 136 Å². The summed E-state index contributed by atoms with van der Waals surface area (Å²) in [4.78, 5) is 2.10. The Kier molecular flexibility index (Phi) is 4.10. The highest BCUT2D eigenvalue weighted by Crippen LogP contribution is 2.45. The molecule has 0 bridgehead atoms. The number of aryl methyl sites for hydroxylation is 1. The van der Waals surface area contributed by atoms with Crippen LogP contribution >= 0.6 is 27.3 Å². The van der Waals surface area contributed by atoms with Crippen molar-refractivity contribution in [2.24, 2.45) is 11.1 Å². The first-order valence-electron chi connectivity index (χ1n) is 6.90. The molecule has 0 spiro atoms. The van der Waals surface area contributed by atoms with Crippen molar-refractivity contribution in [2.45, 2.75) is 19.4 Å². The molecule has 2 aromatic rings. The van der Waals surface area contributed by atoms with Gasteiger partial charge in [0.05, 0.1) is 18.1 Å². The molecule has 1 aliphatic rings. The third kappa shape index (κ3) is 2.63. The highest BCUT2D eigenvalue weighted by Gasteiger charge is 2.42. The van der Waals surface area contributed by atoms with Crippen LogP contribution in [-0.2, 0) is 6.42 Å². The van der Waals surface area contributed by atoms with Gasteiger partial charge < -0.3 is 15.6 Å². The van der Waals surface area contributed by atoms with Gasteiger partial charge in [0, 0.05) is 20.8 Å². The van der Waals surface area contributed by atoms with Crippen molar-refractivity contribution < 1.29 is 9.84 Å². The standard InChI is InChI=1S/C16H18BrNO2S/c1-10-12(17)6-14(21-10)15(19)16(8-18)7-11-4-2-3-5-13(11)20-9-16/h2-6,15,19H,7-9,18H2,1H3. The normalized spacial score (nSPS) is 22.5. The number of hydrogen-bond donors (Lipinski definition) is 2. The molecule has 5 heteroatoms. The number of ether oxygens (including phenoxy) is 1. The summed E-state index contributed by atoms with van der Waals surface area (Å²) >= 11 is 5.11. The molecule has 21 heavy (non-hydrogen) atoms. The van der Waals surface area contributed by atoms with Gasteiger partial charge in [-0.3, -0.25) is 0 Å². The van der Waals surface area contributed by atoms with E-state index in [9.17, 15) is 5.11 Å². The van der Waals surface area contributed by atoms with E-state index < -0.39 is 11.5 Å². The number of thiophene rings is 1. The number of fused-ring (bicyclic) bond motifs is 1. The third-order valence-electron chi connectivity index (χ3n) is 4.16. The number of para-hydroxylation sites is 1. The third-order valence-corrected chi connectivity index (χ3v) is 6.35. The van der Waals surface area contributed by atoms with E-state index in [4.69, 9.17) is 10.5 Å². The molecule has 0 saturated heterocycles. The van der Waals surface area contributed by atoms with Gasteiger partial charge in [0.1, 0.15) is 5.75 Å². The van der Waals surface area contributed by atoms with E-state index in [0.717, 1.165) is 32.0 Å². The number of nitrogens with two attached hydrogens (primary N) is 1. The van der Waals surface area contributed by atoms with Gasteiger partial charge in [0.2, 0.25) is 0 Å². The van der Waals surface area contributed by atoms with Gasteiger partial charge in [0.25, 0.3) is 0 Å². The Balaban J connectivity index is 1.94. The van der Waals surface area contributed by atoms with Crippen LogP contribution in [0.3, 0.4) is 0 Å². The van der Waals surface area contributed by atoms with Gasteiger partial charge in [-0.1, -0.05) is 18.2 Å². The first-order valence-corrected chi connectivity index (χ1v) is 8.51. The Morgan fingerprint density at radius 2 is 2.24 bits per heavy atom. The van der Waals surface area contributed by atoms with Crippen LogP contribution in [-0.4, -0.2) is 18.3 Å². The summed E-state index contributed by atoms with van der Waals surface area (Å²) in [6.45, 7) is 2.86. The Morgan fingerprint density at radius 3 is 2.90 bits per heavy atom. The summed E-state index contributed by atoms with van der Waals surface area (Å²) in [5, 5.41) is 10.9. The minimum atomic E-state index is -0.620. The van der Waals surface area contributed by atoms with Gasteiger partial charge in [-0.05, 0) is 47.0 Å². The molecule has 1 aromatic heterocycles. The largest absolute Gasteiger partial charge is 0.493 e. The first-order chi connectivity index (χ1) is 10.1. The van der Waals surface area contributed by atoms with Crippen molar-refractivity contribution in [3.63, 3.8) is 0 Å². The van der Waals surface area contributed by atoms with Gasteiger partial charge in [-0.15, -0.1) is 11.3 Å². The summed E-state index contributed by atoms with van der Waals surface area (Å²) in [6, 6.07) is 9.95. The Hall–Kier alpha value is -0.880. The van der Waals surface area contributed by atoms with E-state index in [1.807, 2.05) is 37.3 Å². The zero-order chi connectivity index (χ0) is 15.0. The number of aliphatic hydroxyl groups is 1. The van der Waals surface area contributed by atoms with Crippen molar-refractivity contribution >= 4 is 27.3 Å². The van der Waals surface area contributed by atoms with Crippen LogP contribution in [0.4, 0.5) is 0 Å². The number of aliphatic hydroxyl groups excluding tert-OH is 1. The lowest BCUT2D eigenvalue weighted by atomic mass is 9.75. The zero-order valence-corrected chi connectivity index (χ0v) is 14.2. The second-order valence-corrected chi connectivity index (χ2v) is 7.74. The average Bonchev–Trinajstić information content (AvgIpc) is 2.85. The molecular weight excluding hydrogens is 350 g/mol. The predicted molar refractivity (Wildman–Crippen MR) is 88.8 cm³/mol. The molecular formula is C16H18BrNO2S. The zero-order valence-electron chi connectivity index (χ0n) is 11.8. The van der Waals surface area contributed by atoms with Crippen LogP contribution < -0.4 is 10.5 Å². The van der Waals surface area contributed by atoms with Crippen LogP contribution in [0.15, 0.2) is 34.8 Å². The Bertz CT molecular complexity index is 638. The minimum Gasteiger partial charge on any atom is -0.493 e. The fourth-order valence-corrected chi connectivity index (χ4v) is 4.47. The quantitative estimate of drug-likeness (QED) is 0.873. The first kappa shape index (κ1) is 15.0. The topological polar surface area (TPSA) is 55.5 Å². The molecule has 2 unspecified atom stereocenters. The van der Waals surface area contributed by atoms with Crippen LogP contribution in [0.25, 0.3) is 0 Å². The summed E-state index contributed by atoms with van der Waals surface area (Å²) in [5.74, 6) is 0.900. The highest BCUT2D eigenvalue weighted by atomic mass is 79.9. The molecule has 0 fully saturated rings. The predicted octanol–water partition coefficient (Wildman–Crippen LogP) is 3.43. The summed E-state index contributed by atoms with van der Waals surface area (Å²) in [5.41, 5.74) is 6.68. The molecule has 0 saturated carbocycles. The average molecular weight is 368 g/mol. The molecule has 112 valence electrons. The second-order valence-electron chi connectivity index (χ2n) is 5.60. The van der Waals surface area contributed by atoms with E-state index in [1.165, 1.54) is 0 Å². The molecule has 3 N–H and O–H groups in total. The molecule has 3 nitrogen and oxygen atoms in total. The van der Waals surface area contributed by atoms with Crippen LogP contribution in [0.2, 0.25) is 0 Å². The molecule has 2 heterocycles. The fourth-order valence-electron chi connectivity index (χ4n) is 2.78. The number of benzene rings is 1. The van der Waals surface area contributed by atoms with Gasteiger partial charge in [-0.25, -0.2) is 0 Å². The monoisotopic (exact) mass is 367 g/mol. The van der Waals surface area contributed by atoms with Crippen molar-refractivity contribution in [1.82, 2.24) is 0 Å². The fraction of sp³-hybridized carbons (Fsp3) is 0.375.